The third kappa shape index (κ3) is 6.15. The Bertz CT molecular complexity index is 245. The Balaban J connectivity index is 0.000000206. The van der Waals surface area contributed by atoms with Gasteiger partial charge in [0.1, 0.15) is 0 Å². The minimum atomic E-state index is 0. The Morgan fingerprint density at radius 1 is 0.615 bits per heavy atom. The van der Waals surface area contributed by atoms with E-state index < -0.39 is 0 Å². The van der Waals surface area contributed by atoms with Gasteiger partial charge in [-0.1, -0.05) is 13.8 Å². The summed E-state index contributed by atoms with van der Waals surface area (Å²) in [5.41, 5.74) is 2.69. The summed E-state index contributed by atoms with van der Waals surface area (Å²) in [5.74, 6) is 0. The van der Waals surface area contributed by atoms with Gasteiger partial charge >= 0.3 is 0 Å². The molecule has 0 bridgehead atoms. The quantitative estimate of drug-likeness (QED) is 0.654. The van der Waals surface area contributed by atoms with Crippen molar-refractivity contribution in [1.29, 1.82) is 0 Å². The Labute approximate surface area is 113 Å². The van der Waals surface area contributed by atoms with Crippen LogP contribution in [0.2, 0.25) is 0 Å². The van der Waals surface area contributed by atoms with Crippen LogP contribution in [-0.2, 0) is 0 Å². The molecule has 2 rings (SSSR count). The van der Waals surface area contributed by atoms with Crippen molar-refractivity contribution in [2.45, 2.75) is 13.8 Å². The molecule has 0 spiro atoms. The van der Waals surface area contributed by atoms with Crippen LogP contribution >= 0.6 is 0 Å². The van der Waals surface area contributed by atoms with Crippen molar-refractivity contribution in [3.05, 3.63) is 59.7 Å². The molecule has 0 aliphatic heterocycles. The molecular formula is C12H14Sm-2. The van der Waals surface area contributed by atoms with E-state index in [9.17, 15) is 0 Å². The van der Waals surface area contributed by atoms with Crippen molar-refractivity contribution in [1.82, 2.24) is 0 Å². The first-order chi connectivity index (χ1) is 5.79. The smallest absolute Gasteiger partial charge is 0 e. The van der Waals surface area contributed by atoms with E-state index in [4.69, 9.17) is 0 Å². The number of hydrogen-bond donors (Lipinski definition) is 0. The maximum absolute atomic E-state index is 2.08. The van der Waals surface area contributed by atoms with E-state index in [-0.39, 0.29) is 40.4 Å². The van der Waals surface area contributed by atoms with Crippen molar-refractivity contribution >= 4 is 0 Å². The summed E-state index contributed by atoms with van der Waals surface area (Å²) in [6, 6.07) is 16.5. The van der Waals surface area contributed by atoms with Crippen LogP contribution in [0.1, 0.15) is 11.1 Å². The number of hydrogen-bond acceptors (Lipinski definition) is 0. The molecule has 0 amide bonds. The molecule has 0 aliphatic rings. The topological polar surface area (TPSA) is 0 Å². The van der Waals surface area contributed by atoms with Crippen LogP contribution in [0.4, 0.5) is 0 Å². The zero-order valence-electron chi connectivity index (χ0n) is 8.03. The van der Waals surface area contributed by atoms with E-state index in [2.05, 4.69) is 38.1 Å². The largest absolute Gasteiger partial charge is 0.213 e. The minimum absolute atomic E-state index is 0. The SMILES string of the molecule is C[c-]1cccc1.C[c-]1cccc1.[Sm]. The molecule has 0 radical (unpaired) electrons. The second-order valence-electron chi connectivity index (χ2n) is 2.92. The van der Waals surface area contributed by atoms with Gasteiger partial charge in [-0.3, -0.25) is 0 Å². The van der Waals surface area contributed by atoms with Gasteiger partial charge in [-0.25, -0.2) is 24.3 Å². The molecule has 0 atom stereocenters. The van der Waals surface area contributed by atoms with Crippen molar-refractivity contribution in [3.8, 4) is 0 Å². The maximum Gasteiger partial charge on any atom is 0 e. The van der Waals surface area contributed by atoms with Crippen LogP contribution in [0.5, 0.6) is 0 Å². The summed E-state index contributed by atoms with van der Waals surface area (Å²) in [6.45, 7) is 4.17. The van der Waals surface area contributed by atoms with Crippen molar-refractivity contribution in [3.63, 3.8) is 0 Å². The fraction of sp³-hybridized carbons (Fsp3) is 0.167. The van der Waals surface area contributed by atoms with Gasteiger partial charge in [-0.05, 0) is 0 Å². The number of aryl methyl sites for hydroxylation is 2. The average molecular weight is 309 g/mol. The summed E-state index contributed by atoms with van der Waals surface area (Å²) >= 11 is 0. The van der Waals surface area contributed by atoms with Gasteiger partial charge in [0, 0.05) is 40.4 Å². The molecule has 2 aromatic carbocycles. The molecule has 0 aliphatic carbocycles. The molecule has 0 aromatic heterocycles. The first kappa shape index (κ1) is 13.0. The van der Waals surface area contributed by atoms with E-state index in [0.717, 1.165) is 0 Å². The summed E-state index contributed by atoms with van der Waals surface area (Å²) in [5, 5.41) is 0. The van der Waals surface area contributed by atoms with Crippen LogP contribution in [0.3, 0.4) is 0 Å². The predicted molar refractivity (Wildman–Crippen MR) is 53.5 cm³/mol. The second-order valence-corrected chi connectivity index (χ2v) is 2.92. The normalized spacial score (nSPS) is 8.15. The molecule has 0 heterocycles. The van der Waals surface area contributed by atoms with Gasteiger partial charge in [0.05, 0.1) is 0 Å². The number of rotatable bonds is 0. The van der Waals surface area contributed by atoms with Crippen LogP contribution in [0.15, 0.2) is 48.5 Å². The second kappa shape index (κ2) is 7.44. The summed E-state index contributed by atoms with van der Waals surface area (Å²) in [7, 11) is 0. The van der Waals surface area contributed by atoms with E-state index in [1.165, 1.54) is 11.1 Å². The van der Waals surface area contributed by atoms with Crippen LogP contribution < -0.4 is 0 Å². The molecule has 0 N–H and O–H groups in total. The van der Waals surface area contributed by atoms with Gasteiger partial charge in [-0.15, -0.1) is 0 Å². The molecule has 2 aromatic rings. The van der Waals surface area contributed by atoms with Gasteiger partial charge < -0.3 is 0 Å². The Hall–Kier alpha value is 0.0377. The maximum atomic E-state index is 2.08. The first-order valence-corrected chi connectivity index (χ1v) is 4.15. The van der Waals surface area contributed by atoms with Crippen molar-refractivity contribution in [2.24, 2.45) is 0 Å². The molecule has 1 heteroatoms. The minimum Gasteiger partial charge on any atom is -0.213 e. The monoisotopic (exact) mass is 310 g/mol. The summed E-state index contributed by atoms with van der Waals surface area (Å²) in [6.07, 6.45) is 0. The fourth-order valence-electron chi connectivity index (χ4n) is 0.940. The van der Waals surface area contributed by atoms with E-state index in [0.29, 0.717) is 0 Å². The molecule has 0 fully saturated rings. The van der Waals surface area contributed by atoms with Crippen molar-refractivity contribution < 1.29 is 40.4 Å². The molecule has 70 valence electrons. The van der Waals surface area contributed by atoms with E-state index >= 15 is 0 Å². The van der Waals surface area contributed by atoms with Crippen LogP contribution in [-0.4, -0.2) is 0 Å². The Morgan fingerprint density at radius 2 is 0.846 bits per heavy atom. The summed E-state index contributed by atoms with van der Waals surface area (Å²) < 4.78 is 0. The molecular weight excluding hydrogens is 294 g/mol. The molecule has 0 unspecified atom stereocenters. The third-order valence-electron chi connectivity index (χ3n) is 1.66. The summed E-state index contributed by atoms with van der Waals surface area (Å²) in [4.78, 5) is 0. The van der Waals surface area contributed by atoms with Crippen molar-refractivity contribution in [2.75, 3.05) is 0 Å². The zero-order chi connectivity index (χ0) is 8.81. The van der Waals surface area contributed by atoms with Crippen LogP contribution in [0.25, 0.3) is 0 Å². The Morgan fingerprint density at radius 3 is 0.923 bits per heavy atom. The van der Waals surface area contributed by atoms with Gasteiger partial charge in [-0.2, -0.15) is 35.4 Å². The third-order valence-corrected chi connectivity index (χ3v) is 1.66. The molecule has 0 saturated heterocycles. The van der Waals surface area contributed by atoms with Gasteiger partial charge in [0.15, 0.2) is 0 Å². The molecule has 0 saturated carbocycles. The van der Waals surface area contributed by atoms with E-state index in [1.54, 1.807) is 0 Å². The first-order valence-electron chi connectivity index (χ1n) is 4.15. The fourth-order valence-corrected chi connectivity index (χ4v) is 0.940. The van der Waals surface area contributed by atoms with Gasteiger partial charge in [0.2, 0.25) is 0 Å². The van der Waals surface area contributed by atoms with E-state index in [1.807, 2.05) is 24.3 Å². The standard InChI is InChI=1S/2C6H7.Sm/c2*1-6-4-2-3-5-6;/h2*2-5H,1H3;/q2*-1;. The average Bonchev–Trinajstić information content (AvgIpc) is 2.63. The predicted octanol–water partition coefficient (Wildman–Crippen LogP) is 3.43. The molecule has 13 heavy (non-hydrogen) atoms. The Kier molecular flexibility index (Phi) is 7.46. The van der Waals surface area contributed by atoms with Crippen LogP contribution in [0, 0.1) is 54.2 Å². The molecule has 0 nitrogen and oxygen atoms in total. The zero-order valence-corrected chi connectivity index (χ0v) is 10.6. The van der Waals surface area contributed by atoms with Gasteiger partial charge in [0.25, 0.3) is 0 Å².